The maximum Gasteiger partial charge on any atom is 0.119 e. The summed E-state index contributed by atoms with van der Waals surface area (Å²) in [5, 5.41) is 3.61. The van der Waals surface area contributed by atoms with Crippen molar-refractivity contribution in [3.8, 4) is 5.75 Å². The van der Waals surface area contributed by atoms with E-state index >= 15 is 0 Å². The lowest BCUT2D eigenvalue weighted by Crippen LogP contribution is -2.47. The molecule has 0 radical (unpaired) electrons. The second-order valence-electron chi connectivity index (χ2n) is 4.62. The summed E-state index contributed by atoms with van der Waals surface area (Å²) in [7, 11) is 1.71. The van der Waals surface area contributed by atoms with Crippen molar-refractivity contribution in [1.29, 1.82) is 0 Å². The van der Waals surface area contributed by atoms with E-state index in [1.54, 1.807) is 7.11 Å². The van der Waals surface area contributed by atoms with Crippen LogP contribution in [-0.2, 0) is 6.54 Å². The highest BCUT2D eigenvalue weighted by atomic mass is 16.5. The summed E-state index contributed by atoms with van der Waals surface area (Å²) < 4.78 is 5.20. The Kier molecular flexibility index (Phi) is 2.96. The van der Waals surface area contributed by atoms with Gasteiger partial charge in [0, 0.05) is 12.1 Å². The van der Waals surface area contributed by atoms with Crippen molar-refractivity contribution < 1.29 is 4.74 Å². The summed E-state index contributed by atoms with van der Waals surface area (Å²) >= 11 is 0. The van der Waals surface area contributed by atoms with Crippen LogP contribution in [0.3, 0.4) is 0 Å². The molecule has 1 aromatic carbocycles. The first kappa shape index (κ1) is 10.5. The molecule has 2 rings (SSSR count). The largest absolute Gasteiger partial charge is 0.497 e. The smallest absolute Gasteiger partial charge is 0.119 e. The van der Waals surface area contributed by atoms with E-state index in [0.717, 1.165) is 12.3 Å². The Morgan fingerprint density at radius 1 is 1.40 bits per heavy atom. The zero-order valence-corrected chi connectivity index (χ0v) is 9.55. The maximum absolute atomic E-state index is 5.20. The molecule has 0 aromatic heterocycles. The predicted molar refractivity (Wildman–Crippen MR) is 62.1 cm³/mol. The third kappa shape index (κ3) is 2.51. The van der Waals surface area contributed by atoms with E-state index in [9.17, 15) is 0 Å². The Morgan fingerprint density at radius 2 is 2.20 bits per heavy atom. The van der Waals surface area contributed by atoms with Gasteiger partial charge in [-0.3, -0.25) is 0 Å². The van der Waals surface area contributed by atoms with Crippen LogP contribution in [0.1, 0.15) is 31.7 Å². The Morgan fingerprint density at radius 3 is 2.80 bits per heavy atom. The van der Waals surface area contributed by atoms with Gasteiger partial charge in [-0.2, -0.15) is 0 Å². The summed E-state index contributed by atoms with van der Waals surface area (Å²) in [6, 6.07) is 8.25. The summed E-state index contributed by atoms with van der Waals surface area (Å²) in [4.78, 5) is 0. The molecule has 0 bridgehead atoms. The number of rotatable bonds is 4. The van der Waals surface area contributed by atoms with Crippen LogP contribution in [0.4, 0.5) is 0 Å². The molecule has 0 heterocycles. The number of hydrogen-bond donors (Lipinski definition) is 1. The van der Waals surface area contributed by atoms with Gasteiger partial charge in [0.15, 0.2) is 0 Å². The summed E-state index contributed by atoms with van der Waals surface area (Å²) in [5.74, 6) is 0.938. The predicted octanol–water partition coefficient (Wildman–Crippen LogP) is 2.73. The zero-order chi connectivity index (χ0) is 10.7. The molecule has 1 aromatic rings. The van der Waals surface area contributed by atoms with Crippen LogP contribution in [-0.4, -0.2) is 12.6 Å². The molecular weight excluding hydrogens is 186 g/mol. The van der Waals surface area contributed by atoms with E-state index in [0.29, 0.717) is 5.54 Å². The van der Waals surface area contributed by atoms with Crippen molar-refractivity contribution in [3.05, 3.63) is 29.8 Å². The minimum atomic E-state index is 0.378. The highest BCUT2D eigenvalue weighted by Gasteiger charge is 2.30. The molecule has 1 aliphatic rings. The number of ether oxygens (including phenoxy) is 1. The van der Waals surface area contributed by atoms with Crippen LogP contribution in [0.15, 0.2) is 24.3 Å². The van der Waals surface area contributed by atoms with Crippen molar-refractivity contribution in [1.82, 2.24) is 5.32 Å². The molecule has 1 N–H and O–H groups in total. The SMILES string of the molecule is COc1cccc(CNC2(C)CCC2)c1. The number of methoxy groups -OCH3 is 1. The Bertz CT molecular complexity index is 331. The second kappa shape index (κ2) is 4.23. The molecule has 2 heteroatoms. The lowest BCUT2D eigenvalue weighted by Gasteiger charge is -2.39. The third-order valence-corrected chi connectivity index (χ3v) is 3.31. The van der Waals surface area contributed by atoms with Gasteiger partial charge in [0.05, 0.1) is 7.11 Å². The average Bonchev–Trinajstić information content (AvgIpc) is 2.24. The lowest BCUT2D eigenvalue weighted by atomic mass is 9.78. The van der Waals surface area contributed by atoms with E-state index in [1.165, 1.54) is 24.8 Å². The standard InChI is InChI=1S/C13H19NO/c1-13(7-4-8-13)14-10-11-5-3-6-12(9-11)15-2/h3,5-6,9,14H,4,7-8,10H2,1-2H3. The molecule has 15 heavy (non-hydrogen) atoms. The van der Waals surface area contributed by atoms with Crippen LogP contribution < -0.4 is 10.1 Å². The first-order valence-corrected chi connectivity index (χ1v) is 5.60. The van der Waals surface area contributed by atoms with Gasteiger partial charge in [0.1, 0.15) is 5.75 Å². The Balaban J connectivity index is 1.92. The fraction of sp³-hybridized carbons (Fsp3) is 0.538. The van der Waals surface area contributed by atoms with Gasteiger partial charge in [0.2, 0.25) is 0 Å². The molecule has 0 saturated heterocycles. The van der Waals surface area contributed by atoms with E-state index in [-0.39, 0.29) is 0 Å². The molecule has 0 amide bonds. The van der Waals surface area contributed by atoms with Crippen molar-refractivity contribution in [2.24, 2.45) is 0 Å². The first-order valence-electron chi connectivity index (χ1n) is 5.60. The van der Waals surface area contributed by atoms with Gasteiger partial charge < -0.3 is 10.1 Å². The Labute approximate surface area is 91.6 Å². The summed E-state index contributed by atoms with van der Waals surface area (Å²) in [6.45, 7) is 3.24. The van der Waals surface area contributed by atoms with Gasteiger partial charge >= 0.3 is 0 Å². The van der Waals surface area contributed by atoms with Crippen LogP contribution in [0.2, 0.25) is 0 Å². The molecule has 1 saturated carbocycles. The molecule has 0 unspecified atom stereocenters. The quantitative estimate of drug-likeness (QED) is 0.816. The molecule has 0 aliphatic heterocycles. The fourth-order valence-corrected chi connectivity index (χ4v) is 1.98. The molecular formula is C13H19NO. The van der Waals surface area contributed by atoms with Crippen LogP contribution in [0, 0.1) is 0 Å². The lowest BCUT2D eigenvalue weighted by molar-refractivity contribution is 0.207. The van der Waals surface area contributed by atoms with Crippen molar-refractivity contribution in [2.45, 2.75) is 38.3 Å². The van der Waals surface area contributed by atoms with Crippen molar-refractivity contribution in [2.75, 3.05) is 7.11 Å². The Hall–Kier alpha value is -1.02. The number of nitrogens with one attached hydrogen (secondary N) is 1. The number of hydrogen-bond acceptors (Lipinski definition) is 2. The van der Waals surface area contributed by atoms with Crippen LogP contribution >= 0.6 is 0 Å². The van der Waals surface area contributed by atoms with Crippen molar-refractivity contribution in [3.63, 3.8) is 0 Å². The summed E-state index contributed by atoms with van der Waals surface area (Å²) in [6.07, 6.45) is 3.97. The minimum Gasteiger partial charge on any atom is -0.497 e. The second-order valence-corrected chi connectivity index (χ2v) is 4.62. The molecule has 1 aliphatic carbocycles. The minimum absolute atomic E-state index is 0.378. The van der Waals surface area contributed by atoms with E-state index in [2.05, 4.69) is 24.4 Å². The summed E-state index contributed by atoms with van der Waals surface area (Å²) in [5.41, 5.74) is 1.67. The molecule has 0 spiro atoms. The molecule has 82 valence electrons. The molecule has 2 nitrogen and oxygen atoms in total. The topological polar surface area (TPSA) is 21.3 Å². The normalized spacial score (nSPS) is 18.3. The van der Waals surface area contributed by atoms with Gasteiger partial charge in [-0.05, 0) is 43.9 Å². The fourth-order valence-electron chi connectivity index (χ4n) is 1.98. The first-order chi connectivity index (χ1) is 7.22. The monoisotopic (exact) mass is 205 g/mol. The number of benzene rings is 1. The highest BCUT2D eigenvalue weighted by Crippen LogP contribution is 2.31. The average molecular weight is 205 g/mol. The molecule has 0 atom stereocenters. The van der Waals surface area contributed by atoms with Crippen molar-refractivity contribution >= 4 is 0 Å². The van der Waals surface area contributed by atoms with Gasteiger partial charge in [-0.1, -0.05) is 12.1 Å². The van der Waals surface area contributed by atoms with Gasteiger partial charge in [0.25, 0.3) is 0 Å². The van der Waals surface area contributed by atoms with Gasteiger partial charge in [-0.15, -0.1) is 0 Å². The van der Waals surface area contributed by atoms with E-state index < -0.39 is 0 Å². The van der Waals surface area contributed by atoms with E-state index in [1.807, 2.05) is 12.1 Å². The third-order valence-electron chi connectivity index (χ3n) is 3.31. The maximum atomic E-state index is 5.20. The van der Waals surface area contributed by atoms with Crippen LogP contribution in [0.25, 0.3) is 0 Å². The van der Waals surface area contributed by atoms with Gasteiger partial charge in [-0.25, -0.2) is 0 Å². The zero-order valence-electron chi connectivity index (χ0n) is 9.55. The molecule has 1 fully saturated rings. The highest BCUT2D eigenvalue weighted by molar-refractivity contribution is 5.28. The van der Waals surface area contributed by atoms with E-state index in [4.69, 9.17) is 4.74 Å². The van der Waals surface area contributed by atoms with Crippen LogP contribution in [0.5, 0.6) is 5.75 Å².